The van der Waals surface area contributed by atoms with E-state index >= 15 is 0 Å². The number of rotatable bonds is 10. The van der Waals surface area contributed by atoms with Gasteiger partial charge in [0.15, 0.2) is 0 Å². The number of aryl methyl sites for hydroxylation is 2. The van der Waals surface area contributed by atoms with Crippen LogP contribution in [-0.2, 0) is 19.4 Å². The molecule has 3 rings (SSSR count). The molecule has 0 fully saturated rings. The van der Waals surface area contributed by atoms with Gasteiger partial charge >= 0.3 is 0 Å². The van der Waals surface area contributed by atoms with Crippen LogP contribution >= 0.6 is 0 Å². The first-order valence-corrected chi connectivity index (χ1v) is 11.1. The largest absolute Gasteiger partial charge is 0.489 e. The minimum Gasteiger partial charge on any atom is -0.489 e. The summed E-state index contributed by atoms with van der Waals surface area (Å²) in [5.74, 6) is -0.146. The topological polar surface area (TPSA) is 9.23 Å². The van der Waals surface area contributed by atoms with Gasteiger partial charge in [-0.05, 0) is 80.0 Å². The third kappa shape index (κ3) is 6.65. The lowest BCUT2D eigenvalue weighted by molar-refractivity contribution is 0.304. The maximum absolute atomic E-state index is 14.7. The second kappa shape index (κ2) is 12.0. The number of ether oxygens (including phenoxy) is 1. The van der Waals surface area contributed by atoms with Crippen molar-refractivity contribution >= 4 is 0 Å². The Labute approximate surface area is 190 Å². The quantitative estimate of drug-likeness (QED) is 0.293. The zero-order chi connectivity index (χ0) is 22.8. The molecule has 0 aliphatic heterocycles. The van der Waals surface area contributed by atoms with Crippen LogP contribution in [0.15, 0.2) is 85.0 Å². The van der Waals surface area contributed by atoms with Crippen molar-refractivity contribution in [3.05, 3.63) is 113 Å². The molecule has 3 aromatic carbocycles. The maximum atomic E-state index is 14.7. The van der Waals surface area contributed by atoms with Gasteiger partial charge in [-0.3, -0.25) is 0 Å². The van der Waals surface area contributed by atoms with Crippen LogP contribution in [0.5, 0.6) is 5.75 Å². The van der Waals surface area contributed by atoms with Gasteiger partial charge in [0.25, 0.3) is 0 Å². The Morgan fingerprint density at radius 3 is 2.06 bits per heavy atom. The molecule has 0 saturated carbocycles. The summed E-state index contributed by atoms with van der Waals surface area (Å²) in [5, 5.41) is 0. The molecule has 0 aliphatic carbocycles. The smallest absolute Gasteiger partial charge is 0.134 e. The summed E-state index contributed by atoms with van der Waals surface area (Å²) >= 11 is 0. The van der Waals surface area contributed by atoms with Gasteiger partial charge in [0.2, 0.25) is 0 Å². The number of hydrogen-bond donors (Lipinski definition) is 0. The number of halogens is 2. The molecular weight excluding hydrogens is 402 g/mol. The fourth-order valence-corrected chi connectivity index (χ4v) is 3.54. The van der Waals surface area contributed by atoms with Crippen LogP contribution in [0, 0.1) is 11.6 Å². The Morgan fingerprint density at radius 1 is 0.719 bits per heavy atom. The lowest BCUT2D eigenvalue weighted by atomic mass is 10.0. The minimum atomic E-state index is -0.338. The summed E-state index contributed by atoms with van der Waals surface area (Å²) in [6.45, 7) is 4.15. The van der Waals surface area contributed by atoms with Crippen molar-refractivity contribution in [2.45, 2.75) is 46.1 Å². The van der Waals surface area contributed by atoms with Crippen LogP contribution in [0.25, 0.3) is 11.1 Å². The molecule has 3 aromatic rings. The van der Waals surface area contributed by atoms with E-state index in [2.05, 4.69) is 6.08 Å². The Kier molecular flexibility index (Phi) is 8.79. The first-order chi connectivity index (χ1) is 15.6. The standard InChI is InChI=1S/C29H30F2O/c1-3-5-7-9-22-11-14-24(15-12-22)27-18-17-26(20-29(27)31)32-21-23-13-16-25(28(30)19-23)10-8-6-4-2/h3-6,11-20H,7-10,21H2,1-2H3/b5-3+,6-4+. The second-order valence-electron chi connectivity index (χ2n) is 7.77. The molecule has 3 heteroatoms. The van der Waals surface area contributed by atoms with Gasteiger partial charge in [-0.15, -0.1) is 0 Å². The van der Waals surface area contributed by atoms with Crippen molar-refractivity contribution in [1.82, 2.24) is 0 Å². The Hall–Kier alpha value is -3.20. The Bertz CT molecular complexity index is 1070. The molecule has 0 heterocycles. The highest BCUT2D eigenvalue weighted by Crippen LogP contribution is 2.27. The molecular formula is C29H30F2O. The predicted octanol–water partition coefficient (Wildman–Crippen LogP) is 8.23. The zero-order valence-electron chi connectivity index (χ0n) is 18.8. The fraction of sp³-hybridized carbons (Fsp3) is 0.241. The van der Waals surface area contributed by atoms with E-state index in [1.165, 1.54) is 17.7 Å². The molecule has 0 bridgehead atoms. The lowest BCUT2D eigenvalue weighted by Crippen LogP contribution is -1.99. The van der Waals surface area contributed by atoms with Gasteiger partial charge in [0.05, 0.1) is 0 Å². The summed E-state index contributed by atoms with van der Waals surface area (Å²) in [6, 6.07) is 18.0. The molecule has 32 heavy (non-hydrogen) atoms. The summed E-state index contributed by atoms with van der Waals surface area (Å²) in [5.41, 5.74) is 4.01. The number of benzene rings is 3. The molecule has 1 nitrogen and oxygen atoms in total. The molecule has 0 aromatic heterocycles. The van der Waals surface area contributed by atoms with Crippen molar-refractivity contribution in [1.29, 1.82) is 0 Å². The molecule has 0 aliphatic rings. The van der Waals surface area contributed by atoms with Gasteiger partial charge in [0.1, 0.15) is 24.0 Å². The average Bonchev–Trinajstić information content (AvgIpc) is 2.80. The van der Waals surface area contributed by atoms with Crippen molar-refractivity contribution < 1.29 is 13.5 Å². The Morgan fingerprint density at radius 2 is 1.41 bits per heavy atom. The van der Waals surface area contributed by atoms with Crippen molar-refractivity contribution in [2.75, 3.05) is 0 Å². The monoisotopic (exact) mass is 432 g/mol. The van der Waals surface area contributed by atoms with E-state index in [4.69, 9.17) is 4.74 Å². The fourth-order valence-electron chi connectivity index (χ4n) is 3.54. The van der Waals surface area contributed by atoms with E-state index in [9.17, 15) is 8.78 Å². The first-order valence-electron chi connectivity index (χ1n) is 11.1. The third-order valence-electron chi connectivity index (χ3n) is 5.38. The summed E-state index contributed by atoms with van der Waals surface area (Å²) in [4.78, 5) is 0. The van der Waals surface area contributed by atoms with Crippen LogP contribution in [0.2, 0.25) is 0 Å². The predicted molar refractivity (Wildman–Crippen MR) is 129 cm³/mol. The maximum Gasteiger partial charge on any atom is 0.134 e. The third-order valence-corrected chi connectivity index (χ3v) is 5.38. The summed E-state index contributed by atoms with van der Waals surface area (Å²) in [7, 11) is 0. The van der Waals surface area contributed by atoms with Gasteiger partial charge in [-0.2, -0.15) is 0 Å². The number of hydrogen-bond acceptors (Lipinski definition) is 1. The highest BCUT2D eigenvalue weighted by atomic mass is 19.1. The van der Waals surface area contributed by atoms with E-state index in [1.54, 1.807) is 18.2 Å². The van der Waals surface area contributed by atoms with E-state index in [0.29, 0.717) is 23.3 Å². The van der Waals surface area contributed by atoms with Crippen molar-refractivity contribution in [2.24, 2.45) is 0 Å². The van der Waals surface area contributed by atoms with Gasteiger partial charge < -0.3 is 4.74 Å². The van der Waals surface area contributed by atoms with Crippen molar-refractivity contribution in [3.8, 4) is 16.9 Å². The average molecular weight is 433 g/mol. The molecule has 0 unspecified atom stereocenters. The van der Waals surface area contributed by atoms with E-state index in [-0.39, 0.29) is 18.2 Å². The molecule has 0 amide bonds. The molecule has 0 atom stereocenters. The van der Waals surface area contributed by atoms with E-state index in [0.717, 1.165) is 30.4 Å². The van der Waals surface area contributed by atoms with Crippen LogP contribution in [0.3, 0.4) is 0 Å². The number of allylic oxidation sites excluding steroid dienone is 4. The molecule has 166 valence electrons. The Balaban J connectivity index is 1.61. The zero-order valence-corrected chi connectivity index (χ0v) is 18.8. The lowest BCUT2D eigenvalue weighted by Gasteiger charge is -2.10. The highest BCUT2D eigenvalue weighted by Gasteiger charge is 2.08. The van der Waals surface area contributed by atoms with E-state index < -0.39 is 0 Å². The second-order valence-corrected chi connectivity index (χ2v) is 7.77. The van der Waals surface area contributed by atoms with Gasteiger partial charge in [-0.1, -0.05) is 60.7 Å². The molecule has 0 spiro atoms. The molecule has 0 radical (unpaired) electrons. The van der Waals surface area contributed by atoms with Gasteiger partial charge in [-0.25, -0.2) is 8.78 Å². The van der Waals surface area contributed by atoms with Gasteiger partial charge in [0, 0.05) is 11.6 Å². The van der Waals surface area contributed by atoms with Crippen LogP contribution < -0.4 is 4.74 Å². The van der Waals surface area contributed by atoms with E-state index in [1.807, 2.05) is 62.4 Å². The van der Waals surface area contributed by atoms with Crippen LogP contribution in [-0.4, -0.2) is 0 Å². The van der Waals surface area contributed by atoms with Crippen molar-refractivity contribution in [3.63, 3.8) is 0 Å². The molecule has 0 saturated heterocycles. The molecule has 0 N–H and O–H groups in total. The minimum absolute atomic E-state index is 0.186. The highest BCUT2D eigenvalue weighted by molar-refractivity contribution is 5.65. The van der Waals surface area contributed by atoms with Crippen LogP contribution in [0.4, 0.5) is 8.78 Å². The normalized spacial score (nSPS) is 11.5. The first kappa shape index (κ1) is 23.5. The summed E-state index contributed by atoms with van der Waals surface area (Å²) < 4.78 is 34.7. The SMILES string of the molecule is C/C=C/CCc1ccc(-c2ccc(OCc3ccc(CC/C=C/C)c(F)c3)cc2F)cc1. The van der Waals surface area contributed by atoms with Crippen LogP contribution in [0.1, 0.15) is 43.4 Å². The summed E-state index contributed by atoms with van der Waals surface area (Å²) in [6.07, 6.45) is 11.6.